The molecule has 0 rings (SSSR count). The van der Waals surface area contributed by atoms with Crippen LogP contribution in [0, 0.1) is 10.7 Å². The molecule has 0 N–H and O–H groups in total. The maximum Gasteiger partial charge on any atom is 0.137 e. The van der Waals surface area contributed by atoms with Crippen LogP contribution in [0.4, 0.5) is 0 Å². The predicted molar refractivity (Wildman–Crippen MR) is 41.8 cm³/mol. The molecule has 0 saturated heterocycles. The molecular formula is C7H9NS. The van der Waals surface area contributed by atoms with Gasteiger partial charge in [-0.2, -0.15) is 5.26 Å². The summed E-state index contributed by atoms with van der Waals surface area (Å²) in [6, 6.07) is 0. The standard InChI is InChI=1S/C7H9NS/c1-6(2)7(3)4-9-5-8/h4H,1H2,2-3H3/b7-4+. The lowest BCUT2D eigenvalue weighted by molar-refractivity contribution is 1.38. The number of thioether (sulfide) groups is 1. The molecule has 0 unspecified atom stereocenters. The third-order valence-corrected chi connectivity index (χ3v) is 1.54. The molecule has 0 spiro atoms. The molecule has 2 heteroatoms. The molecule has 0 aliphatic carbocycles. The van der Waals surface area contributed by atoms with E-state index in [1.54, 1.807) is 5.41 Å². The second kappa shape index (κ2) is 4.22. The van der Waals surface area contributed by atoms with E-state index in [2.05, 4.69) is 6.58 Å². The summed E-state index contributed by atoms with van der Waals surface area (Å²) in [5.74, 6) is 0. The highest BCUT2D eigenvalue weighted by Gasteiger charge is 1.86. The minimum Gasteiger partial charge on any atom is -0.185 e. The van der Waals surface area contributed by atoms with Gasteiger partial charge in [0.15, 0.2) is 0 Å². The number of rotatable bonds is 2. The molecule has 9 heavy (non-hydrogen) atoms. The van der Waals surface area contributed by atoms with Crippen molar-refractivity contribution < 1.29 is 0 Å². The summed E-state index contributed by atoms with van der Waals surface area (Å²) in [5.41, 5.74) is 2.08. The Morgan fingerprint density at radius 1 is 1.67 bits per heavy atom. The Labute approximate surface area is 60.1 Å². The molecule has 0 bridgehead atoms. The van der Waals surface area contributed by atoms with E-state index < -0.39 is 0 Å². The number of nitriles is 1. The summed E-state index contributed by atoms with van der Waals surface area (Å²) in [6.45, 7) is 7.57. The van der Waals surface area contributed by atoms with Gasteiger partial charge in [-0.3, -0.25) is 0 Å². The molecule has 0 radical (unpaired) electrons. The molecular weight excluding hydrogens is 130 g/mol. The highest BCUT2D eigenvalue weighted by Crippen LogP contribution is 2.10. The number of hydrogen-bond acceptors (Lipinski definition) is 2. The van der Waals surface area contributed by atoms with E-state index in [1.165, 1.54) is 0 Å². The van der Waals surface area contributed by atoms with Crippen molar-refractivity contribution >= 4 is 11.8 Å². The first-order valence-corrected chi connectivity index (χ1v) is 3.44. The maximum atomic E-state index is 8.14. The highest BCUT2D eigenvalue weighted by atomic mass is 32.2. The zero-order chi connectivity index (χ0) is 7.28. The zero-order valence-electron chi connectivity index (χ0n) is 5.64. The third kappa shape index (κ3) is 3.87. The van der Waals surface area contributed by atoms with Gasteiger partial charge in [0.1, 0.15) is 5.40 Å². The van der Waals surface area contributed by atoms with Crippen LogP contribution >= 0.6 is 11.8 Å². The predicted octanol–water partition coefficient (Wildman–Crippen LogP) is 2.68. The van der Waals surface area contributed by atoms with Gasteiger partial charge in [-0.1, -0.05) is 12.2 Å². The van der Waals surface area contributed by atoms with Crippen LogP contribution in [0.15, 0.2) is 23.1 Å². The Balaban J connectivity index is 3.88. The lowest BCUT2D eigenvalue weighted by Gasteiger charge is -1.93. The van der Waals surface area contributed by atoms with E-state index in [0.717, 1.165) is 22.9 Å². The molecule has 48 valence electrons. The first-order valence-electron chi connectivity index (χ1n) is 2.56. The van der Waals surface area contributed by atoms with Crippen molar-refractivity contribution in [3.8, 4) is 5.40 Å². The van der Waals surface area contributed by atoms with Crippen LogP contribution in [-0.4, -0.2) is 0 Å². The van der Waals surface area contributed by atoms with Gasteiger partial charge in [0.25, 0.3) is 0 Å². The molecule has 0 aromatic carbocycles. The number of thiocyanates is 1. The average molecular weight is 139 g/mol. The largest absolute Gasteiger partial charge is 0.185 e. The van der Waals surface area contributed by atoms with Gasteiger partial charge in [-0.05, 0) is 36.6 Å². The van der Waals surface area contributed by atoms with Crippen molar-refractivity contribution in [2.24, 2.45) is 0 Å². The molecule has 0 aliphatic rings. The summed E-state index contributed by atoms with van der Waals surface area (Å²) in [4.78, 5) is 0. The first kappa shape index (κ1) is 8.32. The van der Waals surface area contributed by atoms with Gasteiger partial charge in [0.05, 0.1) is 0 Å². The third-order valence-electron chi connectivity index (χ3n) is 0.962. The van der Waals surface area contributed by atoms with E-state index in [4.69, 9.17) is 5.26 Å². The Hall–Kier alpha value is -0.680. The van der Waals surface area contributed by atoms with Crippen molar-refractivity contribution in [1.82, 2.24) is 0 Å². The van der Waals surface area contributed by atoms with E-state index >= 15 is 0 Å². The lowest BCUT2D eigenvalue weighted by atomic mass is 10.2. The first-order chi connectivity index (χ1) is 4.18. The van der Waals surface area contributed by atoms with E-state index in [-0.39, 0.29) is 0 Å². The normalized spacial score (nSPS) is 10.6. The van der Waals surface area contributed by atoms with Crippen LogP contribution < -0.4 is 0 Å². The summed E-state index contributed by atoms with van der Waals surface area (Å²) in [7, 11) is 0. The highest BCUT2D eigenvalue weighted by molar-refractivity contribution is 8.06. The summed E-state index contributed by atoms with van der Waals surface area (Å²) < 4.78 is 0. The van der Waals surface area contributed by atoms with Crippen molar-refractivity contribution in [2.75, 3.05) is 0 Å². The van der Waals surface area contributed by atoms with Crippen LogP contribution in [0.2, 0.25) is 0 Å². The molecule has 0 aromatic heterocycles. The lowest BCUT2D eigenvalue weighted by Crippen LogP contribution is -1.71. The van der Waals surface area contributed by atoms with Crippen LogP contribution in [0.3, 0.4) is 0 Å². The van der Waals surface area contributed by atoms with Crippen molar-refractivity contribution in [3.05, 3.63) is 23.1 Å². The minimum absolute atomic E-state index is 1.01. The fraction of sp³-hybridized carbons (Fsp3) is 0.286. The van der Waals surface area contributed by atoms with Gasteiger partial charge in [0.2, 0.25) is 0 Å². The van der Waals surface area contributed by atoms with Crippen LogP contribution in [-0.2, 0) is 0 Å². The topological polar surface area (TPSA) is 23.8 Å². The van der Waals surface area contributed by atoms with Crippen molar-refractivity contribution in [3.63, 3.8) is 0 Å². The maximum absolute atomic E-state index is 8.14. The molecule has 1 nitrogen and oxygen atoms in total. The molecule has 0 amide bonds. The Morgan fingerprint density at radius 3 is 2.56 bits per heavy atom. The number of hydrogen-bond donors (Lipinski definition) is 0. The van der Waals surface area contributed by atoms with Crippen LogP contribution in [0.25, 0.3) is 0 Å². The molecule has 0 aromatic rings. The van der Waals surface area contributed by atoms with E-state index in [9.17, 15) is 0 Å². The van der Waals surface area contributed by atoms with Gasteiger partial charge in [-0.25, -0.2) is 0 Å². The number of nitrogens with zero attached hydrogens (tertiary/aromatic N) is 1. The van der Waals surface area contributed by atoms with E-state index in [1.807, 2.05) is 19.2 Å². The average Bonchev–Trinajstić information content (AvgIpc) is 1.82. The van der Waals surface area contributed by atoms with Gasteiger partial charge < -0.3 is 0 Å². The zero-order valence-corrected chi connectivity index (χ0v) is 6.46. The quantitative estimate of drug-likeness (QED) is 0.434. The van der Waals surface area contributed by atoms with Gasteiger partial charge in [-0.15, -0.1) is 0 Å². The molecule has 0 saturated carbocycles. The van der Waals surface area contributed by atoms with Crippen LogP contribution in [0.5, 0.6) is 0 Å². The Kier molecular flexibility index (Phi) is 3.90. The van der Waals surface area contributed by atoms with Gasteiger partial charge in [0, 0.05) is 0 Å². The molecule has 0 fully saturated rings. The fourth-order valence-corrected chi connectivity index (χ4v) is 0.646. The molecule has 0 heterocycles. The van der Waals surface area contributed by atoms with Crippen LogP contribution in [0.1, 0.15) is 13.8 Å². The van der Waals surface area contributed by atoms with Crippen molar-refractivity contribution in [2.45, 2.75) is 13.8 Å². The molecule has 0 atom stereocenters. The molecule has 0 aliphatic heterocycles. The summed E-state index contributed by atoms with van der Waals surface area (Å²) in [6.07, 6.45) is 0. The Morgan fingerprint density at radius 2 is 2.22 bits per heavy atom. The number of allylic oxidation sites excluding steroid dienone is 2. The summed E-state index contributed by atoms with van der Waals surface area (Å²) in [5, 5.41) is 11.9. The Bertz CT molecular complexity index is 174. The second-order valence-corrected chi connectivity index (χ2v) is 2.44. The fourth-order valence-electron chi connectivity index (χ4n) is 0.215. The smallest absolute Gasteiger partial charge is 0.137 e. The minimum atomic E-state index is 1.01. The summed E-state index contributed by atoms with van der Waals surface area (Å²) >= 11 is 1.13. The monoisotopic (exact) mass is 139 g/mol. The van der Waals surface area contributed by atoms with Gasteiger partial charge >= 0.3 is 0 Å². The SMILES string of the molecule is C=C(C)/C(C)=C/SC#N. The van der Waals surface area contributed by atoms with Crippen molar-refractivity contribution in [1.29, 1.82) is 5.26 Å². The van der Waals surface area contributed by atoms with E-state index in [0.29, 0.717) is 0 Å². The second-order valence-electron chi connectivity index (χ2n) is 1.79.